The van der Waals surface area contributed by atoms with Crippen molar-refractivity contribution in [1.82, 2.24) is 19.7 Å². The molecule has 0 spiro atoms. The number of nitrogens with zero attached hydrogens (tertiary/aromatic N) is 4. The summed E-state index contributed by atoms with van der Waals surface area (Å²) in [5.74, 6) is 2.52. The van der Waals surface area contributed by atoms with Crippen LogP contribution >= 0.6 is 0 Å². The summed E-state index contributed by atoms with van der Waals surface area (Å²) < 4.78 is 7.61. The molecule has 1 aliphatic carbocycles. The minimum atomic E-state index is -0.0676. The predicted octanol–water partition coefficient (Wildman–Crippen LogP) is 3.77. The number of unbranched alkanes of at least 4 members (excludes halogenated alkanes) is 1. The number of rotatable bonds is 11. The van der Waals surface area contributed by atoms with Crippen LogP contribution in [0.1, 0.15) is 56.6 Å². The lowest BCUT2D eigenvalue weighted by Gasteiger charge is -2.31. The highest BCUT2D eigenvalue weighted by molar-refractivity contribution is 5.86. The first-order valence-electron chi connectivity index (χ1n) is 11.6. The SMILES string of the molecule is CCCCNc1nc(N)nc2cnn(Cc3ccc(CCCC4CC(O)C4)cc3OC)c12. The maximum absolute atomic E-state index is 9.45. The van der Waals surface area contributed by atoms with Crippen LogP contribution in [0.2, 0.25) is 0 Å². The molecule has 2 aromatic heterocycles. The number of fused-ring (bicyclic) bond motifs is 1. The maximum Gasteiger partial charge on any atom is 0.222 e. The maximum atomic E-state index is 9.45. The third-order valence-corrected chi connectivity index (χ3v) is 6.29. The number of methoxy groups -OCH3 is 1. The van der Waals surface area contributed by atoms with Gasteiger partial charge >= 0.3 is 0 Å². The number of aliphatic hydroxyl groups excluding tert-OH is 1. The number of benzene rings is 1. The number of nitrogen functional groups attached to an aromatic ring is 1. The Hall–Kier alpha value is -2.87. The number of aromatic nitrogens is 4. The topological polar surface area (TPSA) is 111 Å². The molecule has 1 fully saturated rings. The molecule has 0 atom stereocenters. The Labute approximate surface area is 189 Å². The molecule has 8 nitrogen and oxygen atoms in total. The van der Waals surface area contributed by atoms with E-state index in [1.807, 2.05) is 4.68 Å². The van der Waals surface area contributed by atoms with Crippen molar-refractivity contribution in [3.63, 3.8) is 0 Å². The number of hydrogen-bond acceptors (Lipinski definition) is 7. The molecule has 2 heterocycles. The molecule has 0 radical (unpaired) electrons. The van der Waals surface area contributed by atoms with Crippen molar-refractivity contribution < 1.29 is 9.84 Å². The minimum absolute atomic E-state index is 0.0676. The quantitative estimate of drug-likeness (QED) is 0.391. The molecule has 32 heavy (non-hydrogen) atoms. The van der Waals surface area contributed by atoms with Gasteiger partial charge in [0.25, 0.3) is 0 Å². The van der Waals surface area contributed by atoms with Gasteiger partial charge < -0.3 is 20.9 Å². The lowest BCUT2D eigenvalue weighted by Crippen LogP contribution is -2.28. The summed E-state index contributed by atoms with van der Waals surface area (Å²) in [6.45, 7) is 3.54. The van der Waals surface area contributed by atoms with Gasteiger partial charge in [0.05, 0.1) is 26.0 Å². The molecule has 3 aromatic rings. The summed E-state index contributed by atoms with van der Waals surface area (Å²) in [6, 6.07) is 6.43. The van der Waals surface area contributed by atoms with Gasteiger partial charge in [-0.25, -0.2) is 4.98 Å². The van der Waals surface area contributed by atoms with Crippen LogP contribution in [0.4, 0.5) is 11.8 Å². The summed E-state index contributed by atoms with van der Waals surface area (Å²) in [7, 11) is 1.71. The van der Waals surface area contributed by atoms with E-state index in [1.165, 1.54) is 12.0 Å². The van der Waals surface area contributed by atoms with Crippen molar-refractivity contribution in [2.75, 3.05) is 24.7 Å². The van der Waals surface area contributed by atoms with E-state index in [1.54, 1.807) is 13.3 Å². The van der Waals surface area contributed by atoms with Gasteiger partial charge in [-0.3, -0.25) is 4.68 Å². The predicted molar refractivity (Wildman–Crippen MR) is 127 cm³/mol. The van der Waals surface area contributed by atoms with E-state index >= 15 is 0 Å². The van der Waals surface area contributed by atoms with Crippen molar-refractivity contribution in [2.45, 2.75) is 64.5 Å². The third-order valence-electron chi connectivity index (χ3n) is 6.29. The fourth-order valence-corrected chi connectivity index (χ4v) is 4.41. The monoisotopic (exact) mass is 438 g/mol. The highest BCUT2D eigenvalue weighted by Gasteiger charge is 2.26. The highest BCUT2D eigenvalue weighted by atomic mass is 16.5. The molecule has 172 valence electrons. The fourth-order valence-electron chi connectivity index (χ4n) is 4.41. The van der Waals surface area contributed by atoms with Crippen LogP contribution in [0.3, 0.4) is 0 Å². The molecule has 4 N–H and O–H groups in total. The molecule has 8 heteroatoms. The van der Waals surface area contributed by atoms with E-state index in [2.05, 4.69) is 45.5 Å². The second-order valence-electron chi connectivity index (χ2n) is 8.78. The van der Waals surface area contributed by atoms with Crippen LogP contribution in [0.5, 0.6) is 5.75 Å². The van der Waals surface area contributed by atoms with Crippen molar-refractivity contribution >= 4 is 22.8 Å². The zero-order valence-corrected chi connectivity index (χ0v) is 19.0. The van der Waals surface area contributed by atoms with E-state index in [9.17, 15) is 5.11 Å². The number of anilines is 2. The van der Waals surface area contributed by atoms with E-state index in [-0.39, 0.29) is 12.1 Å². The first-order chi connectivity index (χ1) is 15.6. The molecule has 1 saturated carbocycles. The van der Waals surface area contributed by atoms with Gasteiger partial charge in [-0.1, -0.05) is 25.5 Å². The number of aryl methyl sites for hydroxylation is 1. The average molecular weight is 439 g/mol. The van der Waals surface area contributed by atoms with Crippen LogP contribution in [0.25, 0.3) is 11.0 Å². The fraction of sp³-hybridized carbons (Fsp3) is 0.542. The summed E-state index contributed by atoms with van der Waals surface area (Å²) in [5.41, 5.74) is 9.81. The molecule has 1 aromatic carbocycles. The van der Waals surface area contributed by atoms with Gasteiger partial charge in [-0.2, -0.15) is 10.1 Å². The summed E-state index contributed by atoms with van der Waals surface area (Å²) >= 11 is 0. The molecular formula is C24H34N6O2. The molecule has 0 saturated heterocycles. The van der Waals surface area contributed by atoms with Crippen LogP contribution < -0.4 is 15.8 Å². The number of nitrogens with one attached hydrogen (secondary N) is 1. The first kappa shape index (κ1) is 22.3. The highest BCUT2D eigenvalue weighted by Crippen LogP contribution is 2.32. The molecule has 0 bridgehead atoms. The Balaban J connectivity index is 1.49. The van der Waals surface area contributed by atoms with E-state index in [0.717, 1.165) is 73.2 Å². The van der Waals surface area contributed by atoms with E-state index < -0.39 is 0 Å². The number of ether oxygens (including phenoxy) is 1. The number of aliphatic hydroxyl groups is 1. The standard InChI is InChI=1S/C24H34N6O2/c1-3-4-10-26-23-22-20(28-24(25)29-23)14-27-30(22)15-18-9-8-16(13-21(18)32-2)6-5-7-17-11-19(31)12-17/h8-9,13-14,17,19,31H,3-7,10-12,15H2,1-2H3,(H3,25,26,28,29). The second-order valence-corrected chi connectivity index (χ2v) is 8.78. The Bertz CT molecular complexity index is 1040. The lowest BCUT2D eigenvalue weighted by molar-refractivity contribution is 0.0384. The van der Waals surface area contributed by atoms with Crippen LogP contribution in [-0.2, 0) is 13.0 Å². The summed E-state index contributed by atoms with van der Waals surface area (Å²) in [5, 5.41) is 17.4. The van der Waals surface area contributed by atoms with Gasteiger partial charge in [0.1, 0.15) is 16.8 Å². The first-order valence-corrected chi connectivity index (χ1v) is 11.6. The zero-order chi connectivity index (χ0) is 22.5. The smallest absolute Gasteiger partial charge is 0.222 e. The van der Waals surface area contributed by atoms with E-state index in [0.29, 0.717) is 12.5 Å². The van der Waals surface area contributed by atoms with Gasteiger partial charge in [0.15, 0.2) is 5.82 Å². The van der Waals surface area contributed by atoms with Crippen molar-refractivity contribution in [3.05, 3.63) is 35.5 Å². The van der Waals surface area contributed by atoms with Crippen molar-refractivity contribution in [2.24, 2.45) is 5.92 Å². The summed E-state index contributed by atoms with van der Waals surface area (Å²) in [4.78, 5) is 8.76. The Morgan fingerprint density at radius 2 is 2.09 bits per heavy atom. The van der Waals surface area contributed by atoms with E-state index in [4.69, 9.17) is 10.5 Å². The van der Waals surface area contributed by atoms with Crippen LogP contribution in [-0.4, -0.2) is 44.6 Å². The lowest BCUT2D eigenvalue weighted by atomic mass is 9.79. The zero-order valence-electron chi connectivity index (χ0n) is 19.0. The average Bonchev–Trinajstić information content (AvgIpc) is 3.15. The third kappa shape index (κ3) is 5.12. The number of nitrogens with two attached hydrogens (primary N) is 1. The van der Waals surface area contributed by atoms with Gasteiger partial charge in [0, 0.05) is 12.1 Å². The largest absolute Gasteiger partial charge is 0.496 e. The van der Waals surface area contributed by atoms with Gasteiger partial charge in [-0.15, -0.1) is 0 Å². The second kappa shape index (κ2) is 10.2. The molecule has 0 aliphatic heterocycles. The molecule has 0 amide bonds. The van der Waals surface area contributed by atoms with Crippen molar-refractivity contribution in [3.8, 4) is 5.75 Å². The van der Waals surface area contributed by atoms with Gasteiger partial charge in [-0.05, 0) is 56.1 Å². The molecule has 0 unspecified atom stereocenters. The van der Waals surface area contributed by atoms with Gasteiger partial charge in [0.2, 0.25) is 5.95 Å². The molecule has 4 rings (SSSR count). The van der Waals surface area contributed by atoms with Crippen LogP contribution in [0.15, 0.2) is 24.4 Å². The molecule has 1 aliphatic rings. The Morgan fingerprint density at radius 1 is 1.25 bits per heavy atom. The number of hydrogen-bond donors (Lipinski definition) is 3. The molecular weight excluding hydrogens is 404 g/mol. The minimum Gasteiger partial charge on any atom is -0.496 e. The summed E-state index contributed by atoms with van der Waals surface area (Å²) in [6.07, 6.45) is 9.07. The normalized spacial score (nSPS) is 18.0. The Kier molecular flexibility index (Phi) is 7.09. The van der Waals surface area contributed by atoms with Crippen LogP contribution in [0, 0.1) is 5.92 Å². The Morgan fingerprint density at radius 3 is 2.84 bits per heavy atom. The van der Waals surface area contributed by atoms with Crippen molar-refractivity contribution in [1.29, 1.82) is 0 Å².